The van der Waals surface area contributed by atoms with Gasteiger partial charge in [-0.05, 0) is 18.6 Å². The van der Waals surface area contributed by atoms with Crippen molar-refractivity contribution in [2.45, 2.75) is 26.7 Å². The summed E-state index contributed by atoms with van der Waals surface area (Å²) in [7, 11) is 0. The Balaban J connectivity index is 2.47. The van der Waals surface area contributed by atoms with Gasteiger partial charge in [-0.25, -0.2) is 23.1 Å². The Labute approximate surface area is 121 Å². The Kier molecular flexibility index (Phi) is 4.77. The Hall–Kier alpha value is -2.11. The van der Waals surface area contributed by atoms with Crippen LogP contribution in [0, 0.1) is 17.5 Å². The molecule has 0 fully saturated rings. The molecule has 1 aromatic heterocycles. The molecule has 0 unspecified atom stereocenters. The third-order valence-corrected chi connectivity index (χ3v) is 2.92. The minimum absolute atomic E-state index is 0.183. The number of aromatic nitrogens is 2. The standard InChI is InChI=1S/C15H16F3N3/c1-3-5-19-14-8-12(20-13(4-2)21-14)9-6-10(16)15(18)11(17)7-9/h6-8H,3-5H2,1-2H3,(H,19,20,21). The maximum atomic E-state index is 13.3. The van der Waals surface area contributed by atoms with Crippen LogP contribution in [0.15, 0.2) is 18.2 Å². The highest BCUT2D eigenvalue weighted by Gasteiger charge is 2.13. The van der Waals surface area contributed by atoms with Crippen LogP contribution in [-0.2, 0) is 6.42 Å². The lowest BCUT2D eigenvalue weighted by Gasteiger charge is -2.09. The summed E-state index contributed by atoms with van der Waals surface area (Å²) in [4.78, 5) is 8.53. The predicted octanol–water partition coefficient (Wildman–Crippen LogP) is 3.95. The molecule has 112 valence electrons. The van der Waals surface area contributed by atoms with Gasteiger partial charge in [0.15, 0.2) is 17.5 Å². The molecule has 0 aliphatic carbocycles. The number of nitrogens with one attached hydrogen (secondary N) is 1. The lowest BCUT2D eigenvalue weighted by atomic mass is 10.1. The van der Waals surface area contributed by atoms with Gasteiger partial charge in [0.2, 0.25) is 0 Å². The van der Waals surface area contributed by atoms with Crippen LogP contribution in [-0.4, -0.2) is 16.5 Å². The van der Waals surface area contributed by atoms with E-state index in [1.807, 2.05) is 13.8 Å². The molecule has 6 heteroatoms. The van der Waals surface area contributed by atoms with Crippen molar-refractivity contribution in [2.75, 3.05) is 11.9 Å². The summed E-state index contributed by atoms with van der Waals surface area (Å²) in [6.45, 7) is 4.63. The molecule has 0 aliphatic rings. The second kappa shape index (κ2) is 6.56. The topological polar surface area (TPSA) is 37.8 Å². The molecule has 1 aromatic carbocycles. The number of nitrogens with zero attached hydrogens (tertiary/aromatic N) is 2. The van der Waals surface area contributed by atoms with Crippen LogP contribution in [0.4, 0.5) is 19.0 Å². The largest absolute Gasteiger partial charge is 0.370 e. The summed E-state index contributed by atoms with van der Waals surface area (Å²) in [5, 5.41) is 3.11. The molecule has 1 N–H and O–H groups in total. The highest BCUT2D eigenvalue weighted by Crippen LogP contribution is 2.24. The van der Waals surface area contributed by atoms with E-state index in [1.165, 1.54) is 0 Å². The Morgan fingerprint density at radius 3 is 2.24 bits per heavy atom. The molecule has 1 heterocycles. The quantitative estimate of drug-likeness (QED) is 0.849. The van der Waals surface area contributed by atoms with E-state index in [-0.39, 0.29) is 5.56 Å². The Morgan fingerprint density at radius 1 is 1.00 bits per heavy atom. The van der Waals surface area contributed by atoms with Gasteiger partial charge in [-0.3, -0.25) is 0 Å². The van der Waals surface area contributed by atoms with Crippen molar-refractivity contribution < 1.29 is 13.2 Å². The molecule has 21 heavy (non-hydrogen) atoms. The minimum atomic E-state index is -1.48. The fourth-order valence-electron chi connectivity index (χ4n) is 1.85. The number of benzene rings is 1. The minimum Gasteiger partial charge on any atom is -0.370 e. The van der Waals surface area contributed by atoms with Gasteiger partial charge in [-0.2, -0.15) is 0 Å². The first-order chi connectivity index (χ1) is 10.0. The molecule has 2 aromatic rings. The molecular weight excluding hydrogens is 279 g/mol. The fourth-order valence-corrected chi connectivity index (χ4v) is 1.85. The van der Waals surface area contributed by atoms with Gasteiger partial charge in [0.1, 0.15) is 11.6 Å². The van der Waals surface area contributed by atoms with Crippen molar-refractivity contribution in [1.82, 2.24) is 9.97 Å². The van der Waals surface area contributed by atoms with E-state index in [2.05, 4.69) is 15.3 Å². The zero-order chi connectivity index (χ0) is 15.4. The highest BCUT2D eigenvalue weighted by atomic mass is 19.2. The first-order valence-corrected chi connectivity index (χ1v) is 6.81. The summed E-state index contributed by atoms with van der Waals surface area (Å²) in [6.07, 6.45) is 1.50. The molecule has 0 amide bonds. The molecular formula is C15H16F3N3. The van der Waals surface area contributed by atoms with E-state index in [0.717, 1.165) is 25.1 Å². The van der Waals surface area contributed by atoms with Gasteiger partial charge in [0.25, 0.3) is 0 Å². The zero-order valence-electron chi connectivity index (χ0n) is 11.9. The summed E-state index contributed by atoms with van der Waals surface area (Å²) in [5.41, 5.74) is 0.543. The molecule has 0 saturated carbocycles. The second-order valence-corrected chi connectivity index (χ2v) is 4.59. The average Bonchev–Trinajstić information content (AvgIpc) is 2.49. The number of hydrogen-bond acceptors (Lipinski definition) is 3. The molecule has 0 aliphatic heterocycles. The molecule has 3 nitrogen and oxygen atoms in total. The lowest BCUT2D eigenvalue weighted by molar-refractivity contribution is 0.447. The van der Waals surface area contributed by atoms with Crippen molar-refractivity contribution >= 4 is 5.82 Å². The number of aryl methyl sites for hydroxylation is 1. The van der Waals surface area contributed by atoms with E-state index in [0.29, 0.717) is 23.8 Å². The number of anilines is 1. The fraction of sp³-hybridized carbons (Fsp3) is 0.333. The molecule has 0 atom stereocenters. The Morgan fingerprint density at radius 2 is 1.67 bits per heavy atom. The van der Waals surface area contributed by atoms with Crippen molar-refractivity contribution in [3.8, 4) is 11.3 Å². The van der Waals surface area contributed by atoms with Crippen LogP contribution in [0.2, 0.25) is 0 Å². The third kappa shape index (κ3) is 3.51. The third-order valence-electron chi connectivity index (χ3n) is 2.92. The monoisotopic (exact) mass is 295 g/mol. The average molecular weight is 295 g/mol. The zero-order valence-corrected chi connectivity index (χ0v) is 11.9. The van der Waals surface area contributed by atoms with Gasteiger partial charge in [0.05, 0.1) is 5.69 Å². The van der Waals surface area contributed by atoms with Crippen LogP contribution in [0.1, 0.15) is 26.1 Å². The van der Waals surface area contributed by atoms with E-state index >= 15 is 0 Å². The molecule has 0 radical (unpaired) electrons. The van der Waals surface area contributed by atoms with Crippen LogP contribution in [0.5, 0.6) is 0 Å². The summed E-state index contributed by atoms with van der Waals surface area (Å²) < 4.78 is 39.7. The SMILES string of the molecule is CCCNc1cc(-c2cc(F)c(F)c(F)c2)nc(CC)n1. The second-order valence-electron chi connectivity index (χ2n) is 4.59. The summed E-state index contributed by atoms with van der Waals surface area (Å²) in [5.74, 6) is -2.80. The number of rotatable bonds is 5. The summed E-state index contributed by atoms with van der Waals surface area (Å²) >= 11 is 0. The van der Waals surface area contributed by atoms with E-state index in [9.17, 15) is 13.2 Å². The van der Waals surface area contributed by atoms with Crippen LogP contribution in [0.25, 0.3) is 11.3 Å². The van der Waals surface area contributed by atoms with Crippen LogP contribution < -0.4 is 5.32 Å². The Bertz CT molecular complexity index is 621. The highest BCUT2D eigenvalue weighted by molar-refractivity contribution is 5.62. The maximum absolute atomic E-state index is 13.3. The van der Waals surface area contributed by atoms with Gasteiger partial charge in [-0.1, -0.05) is 13.8 Å². The lowest BCUT2D eigenvalue weighted by Crippen LogP contribution is -2.06. The molecule has 0 spiro atoms. The van der Waals surface area contributed by atoms with Crippen molar-refractivity contribution in [3.05, 3.63) is 41.5 Å². The number of hydrogen-bond donors (Lipinski definition) is 1. The van der Waals surface area contributed by atoms with Crippen LogP contribution >= 0.6 is 0 Å². The smallest absolute Gasteiger partial charge is 0.194 e. The maximum Gasteiger partial charge on any atom is 0.194 e. The predicted molar refractivity (Wildman–Crippen MR) is 75.5 cm³/mol. The van der Waals surface area contributed by atoms with E-state index < -0.39 is 17.5 Å². The molecule has 0 saturated heterocycles. The number of halogens is 3. The van der Waals surface area contributed by atoms with Gasteiger partial charge >= 0.3 is 0 Å². The molecule has 2 rings (SSSR count). The van der Waals surface area contributed by atoms with E-state index in [1.54, 1.807) is 6.07 Å². The van der Waals surface area contributed by atoms with Gasteiger partial charge < -0.3 is 5.32 Å². The molecule has 0 bridgehead atoms. The van der Waals surface area contributed by atoms with Crippen LogP contribution in [0.3, 0.4) is 0 Å². The van der Waals surface area contributed by atoms with Crippen molar-refractivity contribution in [3.63, 3.8) is 0 Å². The van der Waals surface area contributed by atoms with Gasteiger partial charge in [-0.15, -0.1) is 0 Å². The van der Waals surface area contributed by atoms with Crippen molar-refractivity contribution in [1.29, 1.82) is 0 Å². The van der Waals surface area contributed by atoms with Gasteiger partial charge in [0, 0.05) is 24.6 Å². The first-order valence-electron chi connectivity index (χ1n) is 6.81. The van der Waals surface area contributed by atoms with E-state index in [4.69, 9.17) is 0 Å². The van der Waals surface area contributed by atoms with Crippen molar-refractivity contribution in [2.24, 2.45) is 0 Å². The normalized spacial score (nSPS) is 10.7. The first kappa shape index (κ1) is 15.3. The summed E-state index contributed by atoms with van der Waals surface area (Å²) in [6, 6.07) is 3.47.